The number of amides is 2. The molecule has 0 aliphatic rings. The number of anilines is 1. The van der Waals surface area contributed by atoms with Crippen LogP contribution in [0.3, 0.4) is 0 Å². The highest BCUT2D eigenvalue weighted by Gasteiger charge is 2.13. The Hall–Kier alpha value is -3.35. The van der Waals surface area contributed by atoms with Gasteiger partial charge in [-0.3, -0.25) is 9.59 Å². The summed E-state index contributed by atoms with van der Waals surface area (Å²) in [6, 6.07) is 10.1. The van der Waals surface area contributed by atoms with Gasteiger partial charge >= 0.3 is 11.8 Å². The van der Waals surface area contributed by atoms with Gasteiger partial charge in [0, 0.05) is 5.69 Å². The number of carbonyl (C=O) groups is 2. The minimum absolute atomic E-state index is 0.0147. The highest BCUT2D eigenvalue weighted by Crippen LogP contribution is 2.26. The molecule has 0 radical (unpaired) electrons. The highest BCUT2D eigenvalue weighted by molar-refractivity contribution is 6.39. The number of hydrogen-bond acceptors (Lipinski definition) is 5. The van der Waals surface area contributed by atoms with Crippen LogP contribution >= 0.6 is 0 Å². The number of nitrogens with one attached hydrogen (secondary N) is 2. The van der Waals surface area contributed by atoms with E-state index >= 15 is 0 Å². The normalized spacial score (nSPS) is 10.6. The monoisotopic (exact) mass is 355 g/mol. The summed E-state index contributed by atoms with van der Waals surface area (Å²) >= 11 is 0. The fourth-order valence-corrected chi connectivity index (χ4v) is 2.33. The van der Waals surface area contributed by atoms with Crippen molar-refractivity contribution in [3.05, 3.63) is 53.1 Å². The largest absolute Gasteiger partial charge is 0.504 e. The van der Waals surface area contributed by atoms with E-state index in [-0.39, 0.29) is 5.75 Å². The Morgan fingerprint density at radius 1 is 1.12 bits per heavy atom. The van der Waals surface area contributed by atoms with E-state index in [2.05, 4.69) is 15.8 Å². The van der Waals surface area contributed by atoms with Gasteiger partial charge in [0.15, 0.2) is 11.5 Å². The molecule has 0 bridgehead atoms. The second-order valence-corrected chi connectivity index (χ2v) is 5.69. The first-order valence-electron chi connectivity index (χ1n) is 8.07. The number of hydrazone groups is 1. The zero-order valence-electron chi connectivity index (χ0n) is 14.9. The van der Waals surface area contributed by atoms with E-state index in [9.17, 15) is 14.7 Å². The molecule has 2 aromatic rings. The van der Waals surface area contributed by atoms with Crippen molar-refractivity contribution in [1.29, 1.82) is 0 Å². The van der Waals surface area contributed by atoms with Crippen LogP contribution in [0.5, 0.6) is 11.5 Å². The average molecular weight is 355 g/mol. The molecule has 0 spiro atoms. The summed E-state index contributed by atoms with van der Waals surface area (Å²) in [6.07, 6.45) is 1.35. The summed E-state index contributed by atoms with van der Waals surface area (Å²) in [4.78, 5) is 23.7. The Morgan fingerprint density at radius 2 is 1.81 bits per heavy atom. The molecule has 0 fully saturated rings. The molecule has 2 amide bonds. The summed E-state index contributed by atoms with van der Waals surface area (Å²) < 4.78 is 5.27. The third-order valence-corrected chi connectivity index (χ3v) is 3.35. The van der Waals surface area contributed by atoms with Crippen molar-refractivity contribution in [3.63, 3.8) is 0 Å². The molecule has 2 aromatic carbocycles. The molecule has 0 aliphatic heterocycles. The lowest BCUT2D eigenvalue weighted by molar-refractivity contribution is -0.136. The van der Waals surface area contributed by atoms with Gasteiger partial charge in [0.2, 0.25) is 0 Å². The molecular weight excluding hydrogens is 334 g/mol. The van der Waals surface area contributed by atoms with Gasteiger partial charge in [-0.1, -0.05) is 6.07 Å². The molecule has 0 aliphatic carbocycles. The first-order valence-corrected chi connectivity index (χ1v) is 8.07. The van der Waals surface area contributed by atoms with Crippen LogP contribution in [0.2, 0.25) is 0 Å². The van der Waals surface area contributed by atoms with Gasteiger partial charge in [0.05, 0.1) is 12.8 Å². The molecule has 7 nitrogen and oxygen atoms in total. The van der Waals surface area contributed by atoms with Crippen LogP contribution in [-0.4, -0.2) is 29.7 Å². The fourth-order valence-electron chi connectivity index (χ4n) is 2.33. The maximum absolute atomic E-state index is 11.9. The minimum atomic E-state index is -0.885. The third-order valence-electron chi connectivity index (χ3n) is 3.35. The van der Waals surface area contributed by atoms with E-state index in [0.29, 0.717) is 23.6 Å². The number of nitrogens with zero attached hydrogens (tertiary/aromatic N) is 1. The van der Waals surface area contributed by atoms with E-state index < -0.39 is 11.8 Å². The molecule has 0 unspecified atom stereocenters. The summed E-state index contributed by atoms with van der Waals surface area (Å²) in [5.74, 6) is -1.37. The van der Waals surface area contributed by atoms with Gasteiger partial charge < -0.3 is 15.2 Å². The zero-order valence-corrected chi connectivity index (χ0v) is 14.9. The van der Waals surface area contributed by atoms with Crippen molar-refractivity contribution in [2.24, 2.45) is 5.10 Å². The van der Waals surface area contributed by atoms with E-state index in [0.717, 1.165) is 11.1 Å². The van der Waals surface area contributed by atoms with Gasteiger partial charge in [0.25, 0.3) is 0 Å². The van der Waals surface area contributed by atoms with Gasteiger partial charge in [-0.05, 0) is 67.8 Å². The van der Waals surface area contributed by atoms with Gasteiger partial charge in [0.1, 0.15) is 0 Å². The topological polar surface area (TPSA) is 100 Å². The Morgan fingerprint density at radius 3 is 2.46 bits per heavy atom. The van der Waals surface area contributed by atoms with Gasteiger partial charge in [-0.2, -0.15) is 5.10 Å². The SMILES string of the molecule is CCOc1cc(/C=N/NC(=O)C(=O)Nc2cc(C)cc(C)c2)ccc1O. The smallest absolute Gasteiger partial charge is 0.329 e. The first-order chi connectivity index (χ1) is 12.4. The minimum Gasteiger partial charge on any atom is -0.504 e. The molecule has 7 heteroatoms. The quantitative estimate of drug-likeness (QED) is 0.436. The number of hydrogen-bond donors (Lipinski definition) is 3. The molecule has 0 saturated heterocycles. The molecule has 0 aromatic heterocycles. The van der Waals surface area contributed by atoms with Crippen molar-refractivity contribution < 1.29 is 19.4 Å². The average Bonchev–Trinajstić information content (AvgIpc) is 2.56. The van der Waals surface area contributed by atoms with Crippen LogP contribution in [0.25, 0.3) is 0 Å². The fraction of sp³-hybridized carbons (Fsp3) is 0.211. The molecular formula is C19H21N3O4. The lowest BCUT2D eigenvalue weighted by Gasteiger charge is -2.07. The van der Waals surface area contributed by atoms with E-state index in [1.807, 2.05) is 19.9 Å². The number of phenols is 1. The highest BCUT2D eigenvalue weighted by atomic mass is 16.5. The van der Waals surface area contributed by atoms with Crippen LogP contribution in [0.15, 0.2) is 41.5 Å². The number of phenolic OH excluding ortho intramolecular Hbond substituents is 1. The lowest BCUT2D eigenvalue weighted by atomic mass is 10.1. The Kier molecular flexibility index (Phi) is 6.32. The number of rotatable bonds is 5. The number of benzene rings is 2. The van der Waals surface area contributed by atoms with Crippen molar-refractivity contribution in [2.75, 3.05) is 11.9 Å². The predicted molar refractivity (Wildman–Crippen MR) is 99.6 cm³/mol. The predicted octanol–water partition coefficient (Wildman–Crippen LogP) is 2.50. The molecule has 2 rings (SSSR count). The molecule has 0 heterocycles. The molecule has 3 N–H and O–H groups in total. The first kappa shape index (κ1) is 19.0. The second-order valence-electron chi connectivity index (χ2n) is 5.69. The summed E-state index contributed by atoms with van der Waals surface area (Å²) in [5, 5.41) is 15.9. The lowest BCUT2D eigenvalue weighted by Crippen LogP contribution is -2.32. The summed E-state index contributed by atoms with van der Waals surface area (Å²) in [5.41, 5.74) is 5.27. The van der Waals surface area contributed by atoms with Gasteiger partial charge in [-0.15, -0.1) is 0 Å². The maximum Gasteiger partial charge on any atom is 0.329 e. The van der Waals surface area contributed by atoms with Crippen LogP contribution in [0, 0.1) is 13.8 Å². The Bertz CT molecular complexity index is 826. The van der Waals surface area contributed by atoms with Crippen molar-refractivity contribution in [2.45, 2.75) is 20.8 Å². The number of aryl methyl sites for hydroxylation is 2. The van der Waals surface area contributed by atoms with Crippen LogP contribution in [-0.2, 0) is 9.59 Å². The molecule has 0 atom stereocenters. The van der Waals surface area contributed by atoms with Crippen LogP contribution in [0.4, 0.5) is 5.69 Å². The van der Waals surface area contributed by atoms with Crippen molar-refractivity contribution in [3.8, 4) is 11.5 Å². The maximum atomic E-state index is 11.9. The molecule has 0 saturated carbocycles. The summed E-state index contributed by atoms with van der Waals surface area (Å²) in [7, 11) is 0. The number of aromatic hydroxyl groups is 1. The van der Waals surface area contributed by atoms with Gasteiger partial charge in [-0.25, -0.2) is 5.43 Å². The van der Waals surface area contributed by atoms with Crippen LogP contribution < -0.4 is 15.5 Å². The van der Waals surface area contributed by atoms with Crippen LogP contribution in [0.1, 0.15) is 23.6 Å². The standard InChI is InChI=1S/C19H21N3O4/c1-4-26-17-10-14(5-6-16(17)23)11-20-22-19(25)18(24)21-15-8-12(2)7-13(3)9-15/h5-11,23H,4H2,1-3H3,(H,21,24)(H,22,25)/b20-11+. The van der Waals surface area contributed by atoms with Crippen molar-refractivity contribution in [1.82, 2.24) is 5.43 Å². The number of ether oxygens (including phenoxy) is 1. The molecule has 136 valence electrons. The second kappa shape index (κ2) is 8.66. The Balaban J connectivity index is 1.96. The third kappa shape index (κ3) is 5.34. The van der Waals surface area contributed by atoms with Crippen molar-refractivity contribution >= 4 is 23.7 Å². The number of carbonyl (C=O) groups excluding carboxylic acids is 2. The molecule has 26 heavy (non-hydrogen) atoms. The van der Waals surface area contributed by atoms with E-state index in [4.69, 9.17) is 4.74 Å². The Labute approximate surface area is 151 Å². The van der Waals surface area contributed by atoms with E-state index in [1.165, 1.54) is 12.3 Å². The zero-order chi connectivity index (χ0) is 19.1. The summed E-state index contributed by atoms with van der Waals surface area (Å²) in [6.45, 7) is 6.01. The van der Waals surface area contributed by atoms with E-state index in [1.54, 1.807) is 31.2 Å².